The molecule has 0 aromatic carbocycles. The van der Waals surface area contributed by atoms with Gasteiger partial charge < -0.3 is 129 Å². The van der Waals surface area contributed by atoms with Crippen LogP contribution in [0.25, 0.3) is 0 Å². The van der Waals surface area contributed by atoms with E-state index in [-0.39, 0.29) is 61.5 Å². The molecule has 0 spiro atoms. The van der Waals surface area contributed by atoms with Crippen LogP contribution in [0.15, 0.2) is 0 Å². The Labute approximate surface area is 244 Å². The predicted octanol–water partition coefficient (Wildman–Crippen LogP) is -3.73. The third-order valence-corrected chi connectivity index (χ3v) is 7.10. The zero-order chi connectivity index (χ0) is 25.6. The lowest BCUT2D eigenvalue weighted by Crippen LogP contribution is -2.44. The summed E-state index contributed by atoms with van der Waals surface area (Å²) in [7, 11) is -26.2. The number of rotatable bonds is 16. The molecule has 0 aliphatic heterocycles. The summed E-state index contributed by atoms with van der Waals surface area (Å²) in [6.07, 6.45) is -6.68. The highest BCUT2D eigenvalue weighted by molar-refractivity contribution is 7.51. The van der Waals surface area contributed by atoms with E-state index in [1.54, 1.807) is 0 Å². The molecule has 0 unspecified atom stereocenters. The smallest absolute Gasteiger partial charge is 0.339 e. The van der Waals surface area contributed by atoms with Gasteiger partial charge in [-0.05, 0) is 0 Å². The Kier molecular flexibility index (Phi) is 50.3. The molecule has 0 aliphatic rings. The Morgan fingerprint density at radius 1 is 0.357 bits per heavy atom. The van der Waals surface area contributed by atoms with E-state index in [9.17, 15) is 62.0 Å². The second-order valence-electron chi connectivity index (χ2n) is 6.72. The largest absolute Gasteiger partial charge is 0.810 e. The van der Waals surface area contributed by atoms with Gasteiger partial charge in [-0.25, -0.2) is 0 Å². The Hall–Kier alpha value is 0.230. The van der Waals surface area contributed by atoms with Gasteiger partial charge in [-0.15, -0.1) is 0 Å². The molecule has 0 saturated heterocycles. The van der Waals surface area contributed by atoms with Crippen LogP contribution in [0, 0.1) is 0 Å². The van der Waals surface area contributed by atoms with Crippen molar-refractivity contribution in [1.82, 2.24) is 76.2 Å². The van der Waals surface area contributed by atoms with Crippen LogP contribution < -0.4 is 101 Å². The minimum atomic E-state index is -5.34. The maximum atomic E-state index is 11.3. The standard InChI is InChI=1S/C9H28N3O15P5.10H3N/c13-28(14,15)5-10(1-3-11(6-29(16,17)18)7-30(19,20)21)2-4-12(8-31(22,23)24)9-32(25,26)27;;;;;;;;;;/h1-9H2,(H2,13,14,15)(H2,16,17,18)(H2,19,20,21)(H2,22,23,24)(H2,25,26,27);10*1H3/p+2. The fraction of sp³-hybridized carbons (Fsp3) is 1.00. The molecule has 0 atom stereocenters. The lowest BCUT2D eigenvalue weighted by molar-refractivity contribution is -0.321. The molecule has 0 amide bonds. The SMILES string of the molecule is O=P([O-])([O-])CN(CCN(CCN(CP(=O)([O-])[O-])CP(=O)([O-])[O-])CP(=O)(O)O)CP(=O)([O-])[O-].[NH4+].[NH4+].[NH4+].[NH4+].[NH4+].[NH4+].[NH4+].[NH4+].[NH4+].[NH4+]. The number of hydrogen-bond acceptors (Lipinski definition) is 16. The molecule has 33 heteroatoms. The molecule has 0 bridgehead atoms. The molecular weight excluding hydrogens is 685 g/mol. The maximum Gasteiger partial charge on any atom is 0.339 e. The van der Waals surface area contributed by atoms with Crippen LogP contribution in [0.4, 0.5) is 0 Å². The summed E-state index contributed by atoms with van der Waals surface area (Å²) in [6, 6.07) is 0. The molecule has 0 rings (SSSR count). The fourth-order valence-corrected chi connectivity index (χ4v) is 6.48. The minimum absolute atomic E-state index is 0. The van der Waals surface area contributed by atoms with Crippen LogP contribution in [-0.4, -0.2) is 82.1 Å². The first-order valence-corrected chi connectivity index (χ1v) is 16.9. The third kappa shape index (κ3) is 49.9. The van der Waals surface area contributed by atoms with E-state index < -0.39 is 95.6 Å². The van der Waals surface area contributed by atoms with Crippen molar-refractivity contribution in [3.05, 3.63) is 0 Å². The van der Waals surface area contributed by atoms with Gasteiger partial charge in [-0.3, -0.25) is 19.3 Å². The van der Waals surface area contributed by atoms with Gasteiger partial charge in [-0.1, -0.05) is 30.4 Å². The van der Waals surface area contributed by atoms with E-state index in [1.165, 1.54) is 0 Å². The fourth-order valence-electron chi connectivity index (χ4n) is 2.43. The van der Waals surface area contributed by atoms with Crippen molar-refractivity contribution >= 4 is 38.0 Å². The maximum absolute atomic E-state index is 11.3. The second kappa shape index (κ2) is 28.7. The Balaban J connectivity index is -0.000000107. The topological polar surface area (TPSA) is 685 Å². The van der Waals surface area contributed by atoms with E-state index in [2.05, 4.69) is 0 Å². The van der Waals surface area contributed by atoms with Gasteiger partial charge in [-0.2, -0.15) is 0 Å². The Morgan fingerprint density at radius 2 is 0.524 bits per heavy atom. The van der Waals surface area contributed by atoms with E-state index in [4.69, 9.17) is 9.79 Å². The predicted molar refractivity (Wildman–Crippen MR) is 152 cm³/mol. The lowest BCUT2D eigenvalue weighted by Gasteiger charge is -2.42. The highest BCUT2D eigenvalue weighted by Crippen LogP contribution is 2.36. The van der Waals surface area contributed by atoms with Crippen LogP contribution in [0.2, 0.25) is 0 Å². The Morgan fingerprint density at radius 3 is 0.667 bits per heavy atom. The summed E-state index contributed by atoms with van der Waals surface area (Å²) in [5.41, 5.74) is 0. The van der Waals surface area contributed by atoms with Crippen LogP contribution in [0.1, 0.15) is 0 Å². The van der Waals surface area contributed by atoms with E-state index in [0.717, 1.165) is 4.90 Å². The molecule has 0 fully saturated rings. The molecule has 0 radical (unpaired) electrons. The van der Waals surface area contributed by atoms with Gasteiger partial charge in [0, 0.05) is 51.3 Å². The molecule has 42 heavy (non-hydrogen) atoms. The van der Waals surface area contributed by atoms with Gasteiger partial charge in [0.1, 0.15) is 6.29 Å². The van der Waals surface area contributed by atoms with Crippen LogP contribution in [0.3, 0.4) is 0 Å². The summed E-state index contributed by atoms with van der Waals surface area (Å²) in [5, 5.41) is 0. The minimum Gasteiger partial charge on any atom is -0.810 e. The summed E-state index contributed by atoms with van der Waals surface area (Å²) < 4.78 is 54.9. The normalized spacial score (nSPS) is 11.2. The number of hydrogen-bond donors (Lipinski definition) is 12. The molecule has 0 heterocycles. The zero-order valence-electron chi connectivity index (χ0n) is 26.1. The molecule has 274 valence electrons. The van der Waals surface area contributed by atoms with Crippen LogP contribution in [-0.2, 0) is 22.8 Å². The van der Waals surface area contributed by atoms with Crippen molar-refractivity contribution < 1.29 is 71.8 Å². The van der Waals surface area contributed by atoms with Gasteiger partial charge in [0.15, 0.2) is 0 Å². The first-order valence-electron chi connectivity index (χ1n) is 8.20. The summed E-state index contributed by atoms with van der Waals surface area (Å²) in [4.78, 5) is 107. The van der Waals surface area contributed by atoms with Crippen LogP contribution >= 0.6 is 38.0 Å². The monoisotopic (exact) mass is 745 g/mol. The van der Waals surface area contributed by atoms with Gasteiger partial charge >= 0.3 is 7.60 Å². The molecule has 0 aliphatic carbocycles. The van der Waals surface area contributed by atoms with Crippen LogP contribution in [0.5, 0.6) is 0 Å². The molecule has 42 N–H and O–H groups in total. The zero-order valence-corrected chi connectivity index (χ0v) is 30.6. The Bertz CT molecular complexity index is 744. The third-order valence-electron chi connectivity index (χ3n) is 3.34. The first kappa shape index (κ1) is 73.6. The van der Waals surface area contributed by atoms with Gasteiger partial charge in [0.05, 0.1) is 0 Å². The van der Waals surface area contributed by atoms with E-state index >= 15 is 0 Å². The summed E-state index contributed by atoms with van der Waals surface area (Å²) in [6.45, 7) is -2.55. The van der Waals surface area contributed by atoms with Crippen molar-refractivity contribution in [2.45, 2.75) is 0 Å². The average Bonchev–Trinajstić information content (AvgIpc) is 2.41. The molecule has 0 aromatic heterocycles. The summed E-state index contributed by atoms with van der Waals surface area (Å²) >= 11 is 0. The van der Waals surface area contributed by atoms with Gasteiger partial charge in [0.2, 0.25) is 0 Å². The lowest BCUT2D eigenvalue weighted by atomic mass is 10.4. The van der Waals surface area contributed by atoms with Crippen molar-refractivity contribution in [2.24, 2.45) is 0 Å². The van der Waals surface area contributed by atoms with Crippen molar-refractivity contribution in [2.75, 3.05) is 57.6 Å². The van der Waals surface area contributed by atoms with Gasteiger partial charge in [0.25, 0.3) is 0 Å². The highest BCUT2D eigenvalue weighted by Gasteiger charge is 2.21. The van der Waals surface area contributed by atoms with Crippen molar-refractivity contribution in [3.8, 4) is 0 Å². The highest BCUT2D eigenvalue weighted by atomic mass is 31.2. The first-order chi connectivity index (χ1) is 13.9. The quantitative estimate of drug-likeness (QED) is 0.0676. The summed E-state index contributed by atoms with van der Waals surface area (Å²) in [5.74, 6) is 0. The molecule has 0 saturated carbocycles. The average molecular weight is 746 g/mol. The number of quaternary nitrogens is 10. The molecule has 0 aromatic rings. The molecule has 28 nitrogen and oxygen atoms in total. The molecular formula is C9H60N13O15P5+2. The number of nitrogens with zero attached hydrogens (tertiary/aromatic N) is 3. The van der Waals surface area contributed by atoms with Crippen molar-refractivity contribution in [1.29, 1.82) is 0 Å². The second-order valence-corrected chi connectivity index (χ2v) is 14.4. The van der Waals surface area contributed by atoms with E-state index in [1.807, 2.05) is 0 Å². The van der Waals surface area contributed by atoms with E-state index in [0.29, 0.717) is 9.80 Å². The van der Waals surface area contributed by atoms with Crippen molar-refractivity contribution in [3.63, 3.8) is 0 Å².